The standard InChI is InChI=1S/C45H45ClN6O6S.CH3NO/c1-45(2)18-16-34(41(27-45)32-8-10-35(46)11-9-32)30-49-20-22-50(23-21-49)36-4-3-5-38(25-36)58-39-24-33-17-19-51(44(33)48-29-39)59(56,57)40-14-15-42(43(26-40)52(54)55)47-28-31-6-12-37(53)13-7-31;2-1-3/h3-15,17,19,24-26,29,47,53H,16,18,20-23,27-28,30H2,1-2H3;1H,(H2,2,3). The number of hydrogen-bond donors (Lipinski definition) is 3. The third-order valence-electron chi connectivity index (χ3n) is 11.2. The summed E-state index contributed by atoms with van der Waals surface area (Å²) in [5.41, 5.74) is 10.5. The van der Waals surface area contributed by atoms with Gasteiger partial charge in [0.25, 0.3) is 15.7 Å². The number of allylic oxidation sites excluding steroid dienone is 1. The second-order valence-corrected chi connectivity index (χ2v) is 18.3. The fourth-order valence-electron chi connectivity index (χ4n) is 7.90. The van der Waals surface area contributed by atoms with Crippen molar-refractivity contribution in [1.29, 1.82) is 0 Å². The van der Waals surface area contributed by atoms with Gasteiger partial charge < -0.3 is 25.8 Å². The Kier molecular flexibility index (Phi) is 13.2. The zero-order chi connectivity index (χ0) is 44.0. The zero-order valence-electron chi connectivity index (χ0n) is 34.4. The van der Waals surface area contributed by atoms with E-state index in [1.165, 1.54) is 59.8 Å². The normalized spacial score (nSPS) is 15.4. The predicted octanol–water partition coefficient (Wildman–Crippen LogP) is 8.83. The average molecular weight is 878 g/mol. The highest BCUT2D eigenvalue weighted by molar-refractivity contribution is 7.90. The quantitative estimate of drug-likeness (QED) is 0.0606. The molecule has 1 aliphatic heterocycles. The summed E-state index contributed by atoms with van der Waals surface area (Å²) in [6.45, 7) is 9.58. The number of hydrogen-bond acceptors (Lipinski definition) is 11. The Morgan fingerprint density at radius 3 is 2.40 bits per heavy atom. The first kappa shape index (κ1) is 43.7. The summed E-state index contributed by atoms with van der Waals surface area (Å²) in [5.74, 6) is 1.18. The van der Waals surface area contributed by atoms with Crippen LogP contribution in [0.2, 0.25) is 5.02 Å². The number of nitrogens with zero attached hydrogens (tertiary/aromatic N) is 5. The fourth-order valence-corrected chi connectivity index (χ4v) is 9.36. The van der Waals surface area contributed by atoms with Crippen LogP contribution in [0.3, 0.4) is 0 Å². The van der Waals surface area contributed by atoms with Gasteiger partial charge in [-0.05, 0) is 102 Å². The molecule has 0 bridgehead atoms. The molecule has 1 aliphatic carbocycles. The number of amides is 1. The number of primary amides is 1. The van der Waals surface area contributed by atoms with Crippen LogP contribution < -0.4 is 20.7 Å². The number of carbonyl (C=O) groups excluding carboxylic acids is 1. The van der Waals surface area contributed by atoms with E-state index in [2.05, 4.69) is 57.9 Å². The van der Waals surface area contributed by atoms with Gasteiger partial charge in [-0.15, -0.1) is 0 Å². The van der Waals surface area contributed by atoms with E-state index in [-0.39, 0.29) is 46.0 Å². The van der Waals surface area contributed by atoms with Crippen molar-refractivity contribution in [3.8, 4) is 17.2 Å². The minimum absolute atomic E-state index is 0.105. The molecule has 6 aromatic rings. The highest BCUT2D eigenvalue weighted by Crippen LogP contribution is 2.43. The molecule has 3 heterocycles. The lowest BCUT2D eigenvalue weighted by molar-refractivity contribution is -0.384. The monoisotopic (exact) mass is 877 g/mol. The number of aromatic hydroxyl groups is 1. The van der Waals surface area contributed by atoms with E-state index in [4.69, 9.17) is 21.1 Å². The Morgan fingerprint density at radius 1 is 0.968 bits per heavy atom. The van der Waals surface area contributed by atoms with Crippen molar-refractivity contribution in [2.24, 2.45) is 11.1 Å². The summed E-state index contributed by atoms with van der Waals surface area (Å²) in [6, 6.07) is 29.7. The number of benzene rings is 4. The minimum atomic E-state index is -4.25. The maximum absolute atomic E-state index is 13.8. The number of nitrogens with two attached hydrogens (primary N) is 1. The SMILES string of the molecule is CC1(C)CCC(CN2CCN(c3cccc(Oc4cnc5c(ccn5S(=O)(=O)c5ccc(NCc6ccc(O)cc6)c([N+](=O)[O-])c5)c4)c3)CC2)=C(c2ccc(Cl)cc2)C1.NC=O. The number of rotatable bonds is 12. The molecule has 4 aromatic carbocycles. The maximum atomic E-state index is 13.8. The summed E-state index contributed by atoms with van der Waals surface area (Å²) < 4.78 is 34.9. The molecular formula is C46H48ClN7O7S. The number of fused-ring (bicyclic) bond motifs is 1. The number of carbonyl (C=O) groups is 1. The van der Waals surface area contributed by atoms with Crippen LogP contribution >= 0.6 is 11.6 Å². The van der Waals surface area contributed by atoms with Crippen LogP contribution in [0, 0.1) is 15.5 Å². The van der Waals surface area contributed by atoms with Gasteiger partial charge in [0.1, 0.15) is 22.9 Å². The van der Waals surface area contributed by atoms with Crippen LogP contribution in [0.4, 0.5) is 17.1 Å². The summed E-state index contributed by atoms with van der Waals surface area (Å²) in [4.78, 5) is 29.1. The topological polar surface area (TPSA) is 186 Å². The van der Waals surface area contributed by atoms with Crippen molar-refractivity contribution in [3.63, 3.8) is 0 Å². The lowest BCUT2D eigenvalue weighted by atomic mass is 9.72. The number of nitro benzene ring substituents is 1. The lowest BCUT2D eigenvalue weighted by Gasteiger charge is -2.39. The van der Waals surface area contributed by atoms with Crippen molar-refractivity contribution < 1.29 is 28.0 Å². The van der Waals surface area contributed by atoms with Crippen LogP contribution in [0.15, 0.2) is 126 Å². The van der Waals surface area contributed by atoms with Crippen molar-refractivity contribution in [3.05, 3.63) is 147 Å². The molecule has 0 spiro atoms. The Morgan fingerprint density at radius 2 is 1.69 bits per heavy atom. The lowest BCUT2D eigenvalue weighted by Crippen LogP contribution is -2.47. The van der Waals surface area contributed by atoms with Crippen LogP contribution in [0.1, 0.15) is 44.2 Å². The first-order chi connectivity index (χ1) is 29.7. The molecule has 2 aromatic heterocycles. The van der Waals surface area contributed by atoms with Gasteiger partial charge in [-0.3, -0.25) is 19.8 Å². The van der Waals surface area contributed by atoms with E-state index >= 15 is 0 Å². The Hall–Kier alpha value is -6.42. The van der Waals surface area contributed by atoms with E-state index in [1.54, 1.807) is 24.3 Å². The average Bonchev–Trinajstić information content (AvgIpc) is 3.69. The summed E-state index contributed by atoms with van der Waals surface area (Å²) in [5, 5.41) is 25.8. The van der Waals surface area contributed by atoms with E-state index in [0.29, 0.717) is 16.9 Å². The number of phenols is 1. The molecule has 322 valence electrons. The first-order valence-corrected chi connectivity index (χ1v) is 22.0. The minimum Gasteiger partial charge on any atom is -0.508 e. The van der Waals surface area contributed by atoms with Gasteiger partial charge in [0, 0.05) is 73.7 Å². The summed E-state index contributed by atoms with van der Waals surface area (Å²) >= 11 is 6.22. The summed E-state index contributed by atoms with van der Waals surface area (Å²) in [7, 11) is -4.25. The molecule has 62 heavy (non-hydrogen) atoms. The van der Waals surface area contributed by atoms with Crippen LogP contribution in [0.5, 0.6) is 17.2 Å². The molecule has 0 saturated carbocycles. The Labute approximate surface area is 365 Å². The number of aromatic nitrogens is 2. The van der Waals surface area contributed by atoms with E-state index < -0.39 is 14.9 Å². The molecule has 0 unspecified atom stereocenters. The van der Waals surface area contributed by atoms with Crippen molar-refractivity contribution >= 4 is 61.7 Å². The number of halogens is 1. The van der Waals surface area contributed by atoms with Crippen LogP contribution in [-0.4, -0.2) is 71.4 Å². The Bertz CT molecular complexity index is 2710. The number of pyridine rings is 1. The molecule has 0 atom stereocenters. The summed E-state index contributed by atoms with van der Waals surface area (Å²) in [6.07, 6.45) is 6.45. The molecule has 2 aliphatic rings. The zero-order valence-corrected chi connectivity index (χ0v) is 36.0. The van der Waals surface area contributed by atoms with Gasteiger partial charge in [-0.2, -0.15) is 0 Å². The number of nitro groups is 1. The third-order valence-corrected chi connectivity index (χ3v) is 13.1. The maximum Gasteiger partial charge on any atom is 0.293 e. The predicted molar refractivity (Wildman–Crippen MR) is 242 cm³/mol. The van der Waals surface area contributed by atoms with Gasteiger partial charge in [0.05, 0.1) is 16.0 Å². The van der Waals surface area contributed by atoms with Crippen molar-refractivity contribution in [2.45, 2.75) is 44.6 Å². The van der Waals surface area contributed by atoms with Gasteiger partial charge in [0.2, 0.25) is 6.41 Å². The number of anilines is 2. The number of nitrogens with one attached hydrogen (secondary N) is 1. The highest BCUT2D eigenvalue weighted by Gasteiger charge is 2.30. The third kappa shape index (κ3) is 10.2. The first-order valence-electron chi connectivity index (χ1n) is 20.1. The van der Waals surface area contributed by atoms with Gasteiger partial charge >= 0.3 is 0 Å². The van der Waals surface area contributed by atoms with Gasteiger partial charge in [-0.25, -0.2) is 17.4 Å². The second kappa shape index (κ2) is 18.7. The smallest absolute Gasteiger partial charge is 0.293 e. The molecule has 4 N–H and O–H groups in total. The van der Waals surface area contributed by atoms with Crippen molar-refractivity contribution in [1.82, 2.24) is 13.9 Å². The molecule has 8 rings (SSSR count). The van der Waals surface area contributed by atoms with E-state index in [9.17, 15) is 23.6 Å². The molecule has 1 saturated heterocycles. The molecular weight excluding hydrogens is 830 g/mol. The number of phenolic OH excluding ortho intramolecular Hbond substituents is 1. The molecule has 16 heteroatoms. The van der Waals surface area contributed by atoms with E-state index in [1.807, 2.05) is 30.3 Å². The fraction of sp³-hybridized carbons (Fsp3) is 0.261. The number of ether oxygens (including phenoxy) is 1. The molecule has 0 radical (unpaired) electrons. The van der Waals surface area contributed by atoms with Crippen LogP contribution in [-0.2, 0) is 21.4 Å². The van der Waals surface area contributed by atoms with Crippen LogP contribution in [0.25, 0.3) is 16.6 Å². The highest BCUT2D eigenvalue weighted by atomic mass is 35.5. The largest absolute Gasteiger partial charge is 0.508 e. The molecule has 1 amide bonds. The number of piperazine rings is 1. The second-order valence-electron chi connectivity index (χ2n) is 16.1. The van der Waals surface area contributed by atoms with Gasteiger partial charge in [-0.1, -0.05) is 61.4 Å². The van der Waals surface area contributed by atoms with E-state index in [0.717, 1.165) is 71.9 Å². The Balaban J connectivity index is 0.00000187. The van der Waals surface area contributed by atoms with Gasteiger partial charge in [0.15, 0.2) is 5.65 Å². The van der Waals surface area contributed by atoms with Crippen molar-refractivity contribution in [2.75, 3.05) is 42.9 Å². The molecule has 14 nitrogen and oxygen atoms in total. The molecule has 1 fully saturated rings.